The van der Waals surface area contributed by atoms with E-state index in [0.29, 0.717) is 29.0 Å². The number of aromatic amines is 1. The Kier molecular flexibility index (Phi) is 6.40. The third kappa shape index (κ3) is 4.44. The molecule has 0 aliphatic heterocycles. The predicted octanol–water partition coefficient (Wildman–Crippen LogP) is 6.68. The maximum Gasteiger partial charge on any atom is 0.337 e. The van der Waals surface area contributed by atoms with Crippen LogP contribution in [0.2, 0.25) is 5.02 Å². The van der Waals surface area contributed by atoms with Crippen LogP contribution >= 0.6 is 22.9 Å². The zero-order chi connectivity index (χ0) is 23.7. The second-order valence-electron chi connectivity index (χ2n) is 7.51. The van der Waals surface area contributed by atoms with E-state index in [0.717, 1.165) is 32.3 Å². The number of rotatable bonds is 7. The van der Waals surface area contributed by atoms with Crippen LogP contribution in [0.3, 0.4) is 0 Å². The van der Waals surface area contributed by atoms with Crippen LogP contribution in [0.25, 0.3) is 10.6 Å². The van der Waals surface area contributed by atoms with Crippen molar-refractivity contribution in [3.8, 4) is 16.5 Å². The molecule has 7 nitrogen and oxygen atoms in total. The number of hydrogen-bond acceptors (Lipinski definition) is 6. The molecule has 33 heavy (non-hydrogen) atoms. The Labute approximate surface area is 200 Å². The van der Waals surface area contributed by atoms with Gasteiger partial charge in [-0.3, -0.25) is 10.00 Å². The number of aryl methyl sites for hydroxylation is 3. The first-order valence-electron chi connectivity index (χ1n) is 10.3. The van der Waals surface area contributed by atoms with E-state index in [4.69, 9.17) is 16.3 Å². The molecule has 0 aliphatic carbocycles. The van der Waals surface area contributed by atoms with Gasteiger partial charge in [0.05, 0.1) is 34.6 Å². The van der Waals surface area contributed by atoms with Gasteiger partial charge in [-0.2, -0.15) is 5.10 Å². The summed E-state index contributed by atoms with van der Waals surface area (Å²) in [5.41, 5.74) is 4.35. The molecule has 2 N–H and O–H groups in total. The van der Waals surface area contributed by atoms with Crippen LogP contribution in [-0.2, 0) is 0 Å². The minimum Gasteiger partial charge on any atom is -0.478 e. The number of nitrogens with zero attached hydrogens (tertiary/aromatic N) is 3. The van der Waals surface area contributed by atoms with Gasteiger partial charge in [0, 0.05) is 16.7 Å². The van der Waals surface area contributed by atoms with Crippen LogP contribution < -0.4 is 9.64 Å². The lowest BCUT2D eigenvalue weighted by atomic mass is 10.0. The molecule has 0 saturated carbocycles. The number of hydrogen-bond donors (Lipinski definition) is 2. The highest BCUT2D eigenvalue weighted by Crippen LogP contribution is 2.42. The number of carbonyl (C=O) groups is 1. The van der Waals surface area contributed by atoms with E-state index in [9.17, 15) is 9.90 Å². The third-order valence-electron chi connectivity index (χ3n) is 5.21. The highest BCUT2D eigenvalue weighted by Gasteiger charge is 2.23. The number of aromatic carboxylic acids is 1. The lowest BCUT2D eigenvalue weighted by Crippen LogP contribution is -2.16. The fourth-order valence-corrected chi connectivity index (χ4v) is 4.79. The van der Waals surface area contributed by atoms with Gasteiger partial charge in [0.15, 0.2) is 0 Å². The molecule has 4 aromatic rings. The van der Waals surface area contributed by atoms with Gasteiger partial charge in [-0.25, -0.2) is 9.78 Å². The summed E-state index contributed by atoms with van der Waals surface area (Å²) in [7, 11) is 0. The summed E-state index contributed by atoms with van der Waals surface area (Å²) in [4.78, 5) is 19.6. The topological polar surface area (TPSA) is 91.3 Å². The van der Waals surface area contributed by atoms with Gasteiger partial charge >= 0.3 is 5.97 Å². The molecule has 2 aromatic heterocycles. The first-order valence-corrected chi connectivity index (χ1v) is 11.5. The monoisotopic (exact) mass is 482 g/mol. The number of aromatic nitrogens is 3. The number of carboxylic acid groups (broad SMARTS) is 1. The number of ether oxygens (including phenoxy) is 1. The second-order valence-corrected chi connectivity index (χ2v) is 9.15. The highest BCUT2D eigenvalue weighted by molar-refractivity contribution is 7.15. The summed E-state index contributed by atoms with van der Waals surface area (Å²) in [6.45, 7) is 8.50. The lowest BCUT2D eigenvalue weighted by Gasteiger charge is -2.27. The molecule has 0 radical (unpaired) electrons. The molecule has 0 aliphatic rings. The van der Waals surface area contributed by atoms with Gasteiger partial charge in [0.25, 0.3) is 0 Å². The summed E-state index contributed by atoms with van der Waals surface area (Å²) < 4.78 is 5.64. The Hall–Kier alpha value is -3.36. The van der Waals surface area contributed by atoms with Crippen molar-refractivity contribution in [1.29, 1.82) is 0 Å². The summed E-state index contributed by atoms with van der Waals surface area (Å²) in [5, 5.41) is 18.1. The molecule has 9 heteroatoms. The normalized spacial score (nSPS) is 10.9. The smallest absolute Gasteiger partial charge is 0.337 e. The van der Waals surface area contributed by atoms with E-state index in [2.05, 4.69) is 21.2 Å². The Morgan fingerprint density at radius 3 is 2.61 bits per heavy atom. The quantitative estimate of drug-likeness (QED) is 0.305. The molecule has 2 aromatic carbocycles. The summed E-state index contributed by atoms with van der Waals surface area (Å²) in [5.74, 6) is 0.230. The SMILES string of the molecule is CCOc1nc(-c2cc(C)c(N(c3ccn[nH]3)c3ccc(Cl)cc3C(=O)O)cc2C)sc1C. The zero-order valence-electron chi connectivity index (χ0n) is 18.6. The minimum absolute atomic E-state index is 0.0927. The molecule has 0 bridgehead atoms. The molecule has 4 rings (SSSR count). The van der Waals surface area contributed by atoms with Crippen molar-refractivity contribution in [3.05, 3.63) is 69.2 Å². The highest BCUT2D eigenvalue weighted by atomic mass is 35.5. The molecule has 0 unspecified atom stereocenters. The number of benzene rings is 2. The van der Waals surface area contributed by atoms with Gasteiger partial charge < -0.3 is 9.84 Å². The van der Waals surface area contributed by atoms with E-state index >= 15 is 0 Å². The van der Waals surface area contributed by atoms with Crippen molar-refractivity contribution in [1.82, 2.24) is 15.2 Å². The zero-order valence-corrected chi connectivity index (χ0v) is 20.2. The lowest BCUT2D eigenvalue weighted by molar-refractivity contribution is 0.0697. The Balaban J connectivity index is 1.88. The van der Waals surface area contributed by atoms with Gasteiger partial charge in [-0.15, -0.1) is 11.3 Å². The summed E-state index contributed by atoms with van der Waals surface area (Å²) >= 11 is 7.69. The van der Waals surface area contributed by atoms with Crippen LogP contribution in [0.15, 0.2) is 42.6 Å². The predicted molar refractivity (Wildman–Crippen MR) is 132 cm³/mol. The number of carboxylic acids is 1. The van der Waals surface area contributed by atoms with E-state index in [-0.39, 0.29) is 5.56 Å². The van der Waals surface area contributed by atoms with Crippen LogP contribution in [0, 0.1) is 20.8 Å². The van der Waals surface area contributed by atoms with Crippen LogP contribution in [0.1, 0.15) is 33.3 Å². The standard InChI is InChI=1S/C24H23ClN4O3S/c1-5-32-22-15(4)33-23(27-22)17-10-14(3)20(11-13(17)2)29(21-8-9-26-28-21)19-7-6-16(25)12-18(19)24(30)31/h6-12H,5H2,1-4H3,(H,26,28)(H,30,31). The van der Waals surface area contributed by atoms with Crippen molar-refractivity contribution in [2.24, 2.45) is 0 Å². The molecular formula is C24H23ClN4O3S. The van der Waals surface area contributed by atoms with Crippen LogP contribution in [0.4, 0.5) is 17.2 Å². The minimum atomic E-state index is -1.07. The first-order chi connectivity index (χ1) is 15.8. The summed E-state index contributed by atoms with van der Waals surface area (Å²) in [6, 6.07) is 10.7. The van der Waals surface area contributed by atoms with Crippen molar-refractivity contribution < 1.29 is 14.6 Å². The van der Waals surface area contributed by atoms with Gasteiger partial charge in [0.1, 0.15) is 10.8 Å². The number of thiazole rings is 1. The third-order valence-corrected chi connectivity index (χ3v) is 6.43. The molecule has 0 atom stereocenters. The summed E-state index contributed by atoms with van der Waals surface area (Å²) in [6.07, 6.45) is 1.63. The second kappa shape index (κ2) is 9.25. The van der Waals surface area contributed by atoms with Crippen LogP contribution in [-0.4, -0.2) is 32.9 Å². The van der Waals surface area contributed by atoms with Crippen LogP contribution in [0.5, 0.6) is 5.88 Å². The Bertz CT molecular complexity index is 1320. The van der Waals surface area contributed by atoms with Gasteiger partial charge in [0.2, 0.25) is 5.88 Å². The molecule has 0 saturated heterocycles. The maximum atomic E-state index is 12.0. The number of H-pyrrole nitrogens is 1. The number of anilines is 3. The van der Waals surface area contributed by atoms with Crippen molar-refractivity contribution >= 4 is 46.1 Å². The molecule has 170 valence electrons. The Morgan fingerprint density at radius 1 is 1.15 bits per heavy atom. The fraction of sp³-hybridized carbons (Fsp3) is 0.208. The molecule has 0 spiro atoms. The largest absolute Gasteiger partial charge is 0.478 e. The van der Waals surface area contributed by atoms with E-state index in [1.54, 1.807) is 35.7 Å². The van der Waals surface area contributed by atoms with Crippen molar-refractivity contribution in [3.63, 3.8) is 0 Å². The van der Waals surface area contributed by atoms with Gasteiger partial charge in [-0.05, 0) is 69.2 Å². The molecule has 0 amide bonds. The van der Waals surface area contributed by atoms with E-state index in [1.165, 1.54) is 6.07 Å². The average molecular weight is 483 g/mol. The van der Waals surface area contributed by atoms with Crippen molar-refractivity contribution in [2.75, 3.05) is 11.5 Å². The first kappa shape index (κ1) is 22.8. The van der Waals surface area contributed by atoms with Crippen molar-refractivity contribution in [2.45, 2.75) is 27.7 Å². The maximum absolute atomic E-state index is 12.0. The molecule has 0 fully saturated rings. The molecule has 2 heterocycles. The average Bonchev–Trinajstić information content (AvgIpc) is 3.42. The van der Waals surface area contributed by atoms with E-state index in [1.807, 2.05) is 38.7 Å². The van der Waals surface area contributed by atoms with Gasteiger partial charge in [-0.1, -0.05) is 11.6 Å². The van der Waals surface area contributed by atoms with E-state index < -0.39 is 5.97 Å². The fourth-order valence-electron chi connectivity index (χ4n) is 3.68. The Morgan fingerprint density at radius 2 is 1.94 bits per heavy atom. The number of nitrogens with one attached hydrogen (secondary N) is 1. The molecular weight excluding hydrogens is 460 g/mol. The number of halogens is 1.